The maximum atomic E-state index is 12.3. The minimum atomic E-state index is -1.09. The van der Waals surface area contributed by atoms with Gasteiger partial charge in [0, 0.05) is 13.7 Å². The Morgan fingerprint density at radius 3 is 2.52 bits per heavy atom. The molecule has 0 aromatic carbocycles. The molecule has 6 nitrogen and oxygen atoms in total. The lowest BCUT2D eigenvalue weighted by molar-refractivity contribution is -0.150. The number of ether oxygens (including phenoxy) is 1. The topological polar surface area (TPSA) is 87.7 Å². The van der Waals surface area contributed by atoms with Crippen LogP contribution in [0, 0.1) is 5.92 Å². The lowest BCUT2D eigenvalue weighted by atomic mass is 9.75. The van der Waals surface area contributed by atoms with Gasteiger partial charge in [0.25, 0.3) is 0 Å². The molecule has 0 aromatic heterocycles. The number of amides is 1. The van der Waals surface area contributed by atoms with Crippen molar-refractivity contribution in [2.45, 2.75) is 63.1 Å². The number of carbonyl (C=O) groups excluding carboxylic acids is 1. The number of carboxylic acid groups (broad SMARTS) is 1. The van der Waals surface area contributed by atoms with Crippen LogP contribution in [-0.2, 0) is 14.3 Å². The van der Waals surface area contributed by atoms with Gasteiger partial charge in [-0.15, -0.1) is 0 Å². The summed E-state index contributed by atoms with van der Waals surface area (Å²) in [5.74, 6) is -0.546. The maximum absolute atomic E-state index is 12.3. The number of hydrogen-bond acceptors (Lipinski definition) is 4. The van der Waals surface area contributed by atoms with Crippen LogP contribution in [0.15, 0.2) is 0 Å². The Hall–Kier alpha value is -1.14. The van der Waals surface area contributed by atoms with Crippen LogP contribution >= 0.6 is 0 Å². The highest BCUT2D eigenvalue weighted by molar-refractivity contribution is 5.89. The van der Waals surface area contributed by atoms with Crippen LogP contribution in [0.3, 0.4) is 0 Å². The minimum Gasteiger partial charge on any atom is -0.480 e. The van der Waals surface area contributed by atoms with E-state index in [2.05, 4.69) is 17.6 Å². The molecule has 6 heteroatoms. The van der Waals surface area contributed by atoms with Gasteiger partial charge in [-0.05, 0) is 38.0 Å². The average molecular weight is 298 g/mol. The molecular weight excluding hydrogens is 272 g/mol. The second kappa shape index (κ2) is 6.75. The van der Waals surface area contributed by atoms with Gasteiger partial charge in [0.1, 0.15) is 5.54 Å². The predicted molar refractivity (Wildman–Crippen MR) is 78.0 cm³/mol. The van der Waals surface area contributed by atoms with Gasteiger partial charge < -0.3 is 20.5 Å². The summed E-state index contributed by atoms with van der Waals surface area (Å²) in [6, 6.07) is -0.352. The summed E-state index contributed by atoms with van der Waals surface area (Å²) in [4.78, 5) is 24.0. The van der Waals surface area contributed by atoms with E-state index < -0.39 is 11.5 Å². The number of carboxylic acids is 1. The van der Waals surface area contributed by atoms with Gasteiger partial charge in [0.2, 0.25) is 5.91 Å². The van der Waals surface area contributed by atoms with E-state index in [1.807, 2.05) is 0 Å². The molecule has 1 aliphatic carbocycles. The second-order valence-corrected chi connectivity index (χ2v) is 6.28. The molecule has 21 heavy (non-hydrogen) atoms. The molecule has 1 saturated carbocycles. The molecule has 0 bridgehead atoms. The van der Waals surface area contributed by atoms with Crippen molar-refractivity contribution in [3.8, 4) is 0 Å². The molecule has 0 radical (unpaired) electrons. The SMILES string of the molecule is CCC1CCC(NC(=O)C2CC(OC)CN2)(C(=O)O)CC1. The first-order valence-electron chi connectivity index (χ1n) is 7.82. The smallest absolute Gasteiger partial charge is 0.329 e. The van der Waals surface area contributed by atoms with Gasteiger partial charge >= 0.3 is 5.97 Å². The van der Waals surface area contributed by atoms with Crippen molar-refractivity contribution in [1.29, 1.82) is 0 Å². The van der Waals surface area contributed by atoms with E-state index in [1.165, 1.54) is 0 Å². The third kappa shape index (κ3) is 3.55. The Labute approximate surface area is 125 Å². The lowest BCUT2D eigenvalue weighted by Crippen LogP contribution is -2.59. The van der Waals surface area contributed by atoms with Crippen molar-refractivity contribution in [3.63, 3.8) is 0 Å². The van der Waals surface area contributed by atoms with Crippen molar-refractivity contribution < 1.29 is 19.4 Å². The zero-order valence-corrected chi connectivity index (χ0v) is 12.9. The fraction of sp³-hybridized carbons (Fsp3) is 0.867. The minimum absolute atomic E-state index is 0.0253. The van der Waals surface area contributed by atoms with Crippen molar-refractivity contribution in [3.05, 3.63) is 0 Å². The molecule has 1 aliphatic heterocycles. The van der Waals surface area contributed by atoms with Gasteiger partial charge in [0.15, 0.2) is 0 Å². The van der Waals surface area contributed by atoms with Crippen LogP contribution < -0.4 is 10.6 Å². The van der Waals surface area contributed by atoms with E-state index in [-0.39, 0.29) is 18.1 Å². The van der Waals surface area contributed by atoms with Crippen LogP contribution in [0.2, 0.25) is 0 Å². The largest absolute Gasteiger partial charge is 0.480 e. The van der Waals surface area contributed by atoms with E-state index in [0.717, 1.165) is 19.3 Å². The fourth-order valence-corrected chi connectivity index (χ4v) is 3.38. The summed E-state index contributed by atoms with van der Waals surface area (Å²) < 4.78 is 5.22. The molecule has 0 aromatic rings. The zero-order chi connectivity index (χ0) is 15.5. The molecule has 3 N–H and O–H groups in total. The molecule has 2 rings (SSSR count). The summed E-state index contributed by atoms with van der Waals surface area (Å²) >= 11 is 0. The number of rotatable bonds is 5. The standard InChI is InChI=1S/C15H26N2O4/c1-3-10-4-6-15(7-5-10,14(19)20)17-13(18)12-8-11(21-2)9-16-12/h10-12,16H,3-9H2,1-2H3,(H,17,18)(H,19,20). The third-order valence-electron chi connectivity index (χ3n) is 5.05. The highest BCUT2D eigenvalue weighted by Crippen LogP contribution is 2.34. The molecular formula is C15H26N2O4. The molecule has 1 saturated heterocycles. The lowest BCUT2D eigenvalue weighted by Gasteiger charge is -2.37. The van der Waals surface area contributed by atoms with Gasteiger partial charge in [-0.2, -0.15) is 0 Å². The Bertz CT molecular complexity index is 391. The Morgan fingerprint density at radius 1 is 1.38 bits per heavy atom. The Balaban J connectivity index is 1.97. The molecule has 1 amide bonds. The summed E-state index contributed by atoms with van der Waals surface area (Å²) in [7, 11) is 1.62. The van der Waals surface area contributed by atoms with Crippen molar-refractivity contribution in [2.75, 3.05) is 13.7 Å². The maximum Gasteiger partial charge on any atom is 0.329 e. The molecule has 0 spiro atoms. The zero-order valence-electron chi connectivity index (χ0n) is 12.9. The Morgan fingerprint density at radius 2 is 2.05 bits per heavy atom. The fourth-order valence-electron chi connectivity index (χ4n) is 3.38. The number of carbonyl (C=O) groups is 2. The van der Waals surface area contributed by atoms with E-state index in [0.29, 0.717) is 31.7 Å². The molecule has 2 fully saturated rings. The van der Waals surface area contributed by atoms with Gasteiger partial charge in [0.05, 0.1) is 12.1 Å². The normalized spacial score (nSPS) is 36.4. The summed E-state index contributed by atoms with van der Waals surface area (Å²) in [6.45, 7) is 2.76. The van der Waals surface area contributed by atoms with Crippen LogP contribution in [0.5, 0.6) is 0 Å². The first-order chi connectivity index (χ1) is 10.0. The molecule has 2 unspecified atom stereocenters. The average Bonchev–Trinajstić information content (AvgIpc) is 2.97. The van der Waals surface area contributed by atoms with Crippen molar-refractivity contribution in [2.24, 2.45) is 5.92 Å². The molecule has 120 valence electrons. The van der Waals surface area contributed by atoms with E-state index in [9.17, 15) is 14.7 Å². The van der Waals surface area contributed by atoms with Crippen molar-refractivity contribution >= 4 is 11.9 Å². The van der Waals surface area contributed by atoms with Gasteiger partial charge in [-0.25, -0.2) is 4.79 Å². The summed E-state index contributed by atoms with van der Waals surface area (Å²) in [6.07, 6.45) is 4.46. The second-order valence-electron chi connectivity index (χ2n) is 6.28. The molecule has 2 atom stereocenters. The van der Waals surface area contributed by atoms with Gasteiger partial charge in [-0.3, -0.25) is 4.79 Å². The number of hydrogen-bond donors (Lipinski definition) is 3. The van der Waals surface area contributed by atoms with E-state index in [4.69, 9.17) is 4.74 Å². The first-order valence-corrected chi connectivity index (χ1v) is 7.82. The predicted octanol–water partition coefficient (Wildman–Crippen LogP) is 0.903. The van der Waals surface area contributed by atoms with Crippen LogP contribution in [0.25, 0.3) is 0 Å². The Kier molecular flexibility index (Phi) is 5.22. The van der Waals surface area contributed by atoms with Crippen LogP contribution in [0.4, 0.5) is 0 Å². The van der Waals surface area contributed by atoms with E-state index >= 15 is 0 Å². The molecule has 2 aliphatic rings. The summed E-state index contributed by atoms with van der Waals surface area (Å²) in [5.41, 5.74) is -1.09. The summed E-state index contributed by atoms with van der Waals surface area (Å²) in [5, 5.41) is 15.5. The van der Waals surface area contributed by atoms with Crippen LogP contribution in [0.1, 0.15) is 45.4 Å². The monoisotopic (exact) mass is 298 g/mol. The quantitative estimate of drug-likeness (QED) is 0.702. The highest BCUT2D eigenvalue weighted by atomic mass is 16.5. The highest BCUT2D eigenvalue weighted by Gasteiger charge is 2.44. The third-order valence-corrected chi connectivity index (χ3v) is 5.05. The first kappa shape index (κ1) is 16.2. The van der Waals surface area contributed by atoms with E-state index in [1.54, 1.807) is 7.11 Å². The van der Waals surface area contributed by atoms with Crippen molar-refractivity contribution in [1.82, 2.24) is 10.6 Å². The van der Waals surface area contributed by atoms with Gasteiger partial charge in [-0.1, -0.05) is 13.3 Å². The van der Waals surface area contributed by atoms with Crippen LogP contribution in [-0.4, -0.2) is 48.3 Å². The number of nitrogens with one attached hydrogen (secondary N) is 2. The molecule has 1 heterocycles. The number of aliphatic carboxylic acids is 1. The number of methoxy groups -OCH3 is 1.